The smallest absolute Gasteiger partial charge is 0.226 e. The summed E-state index contributed by atoms with van der Waals surface area (Å²) in [6, 6.07) is 7.75. The predicted molar refractivity (Wildman–Crippen MR) is 74.4 cm³/mol. The van der Waals surface area contributed by atoms with E-state index in [0.717, 1.165) is 17.7 Å². The molecule has 7 heteroatoms. The van der Waals surface area contributed by atoms with E-state index in [2.05, 4.69) is 20.3 Å². The summed E-state index contributed by atoms with van der Waals surface area (Å²) in [5.74, 6) is 2.20. The van der Waals surface area contributed by atoms with Gasteiger partial charge in [0.25, 0.3) is 0 Å². The van der Waals surface area contributed by atoms with Gasteiger partial charge >= 0.3 is 0 Å². The molecular weight excluding hydrogens is 270 g/mol. The summed E-state index contributed by atoms with van der Waals surface area (Å²) in [6.07, 6.45) is 1.80. The van der Waals surface area contributed by atoms with Crippen molar-refractivity contribution < 1.29 is 9.05 Å². The average Bonchev–Trinajstić information content (AvgIpc) is 3.08. The molecule has 0 aliphatic heterocycles. The third-order valence-corrected chi connectivity index (χ3v) is 3.06. The molecule has 0 radical (unpaired) electrons. The van der Waals surface area contributed by atoms with E-state index in [-0.39, 0.29) is 0 Å². The minimum atomic E-state index is 0.397. The highest BCUT2D eigenvalue weighted by atomic mass is 16.5. The van der Waals surface area contributed by atoms with Gasteiger partial charge in [0, 0.05) is 19.0 Å². The third-order valence-electron chi connectivity index (χ3n) is 3.06. The molecular formula is C14H15N5O2. The van der Waals surface area contributed by atoms with Crippen molar-refractivity contribution in [3.05, 3.63) is 53.3 Å². The molecule has 21 heavy (non-hydrogen) atoms. The molecule has 0 saturated heterocycles. The second-order valence-electron chi connectivity index (χ2n) is 4.71. The summed E-state index contributed by atoms with van der Waals surface area (Å²) in [4.78, 5) is 8.42. The minimum Gasteiger partial charge on any atom is -0.399 e. The predicted octanol–water partition coefficient (Wildman–Crippen LogP) is 1.72. The van der Waals surface area contributed by atoms with Crippen LogP contribution >= 0.6 is 0 Å². The van der Waals surface area contributed by atoms with E-state index in [0.29, 0.717) is 36.3 Å². The first-order chi connectivity index (χ1) is 10.2. The van der Waals surface area contributed by atoms with Crippen molar-refractivity contribution in [2.45, 2.75) is 26.2 Å². The Hall–Kier alpha value is -2.70. The molecule has 2 heterocycles. The van der Waals surface area contributed by atoms with E-state index < -0.39 is 0 Å². The van der Waals surface area contributed by atoms with Crippen molar-refractivity contribution in [1.29, 1.82) is 0 Å². The second-order valence-corrected chi connectivity index (χ2v) is 4.71. The maximum atomic E-state index is 5.90. The fraction of sp³-hybridized carbons (Fsp3) is 0.286. The van der Waals surface area contributed by atoms with E-state index in [1.54, 1.807) is 6.92 Å². The highest BCUT2D eigenvalue weighted by Gasteiger charge is 2.11. The fourth-order valence-electron chi connectivity index (χ4n) is 2.02. The Morgan fingerprint density at radius 3 is 2.52 bits per heavy atom. The van der Waals surface area contributed by atoms with Crippen LogP contribution in [0.15, 0.2) is 33.3 Å². The van der Waals surface area contributed by atoms with Gasteiger partial charge in [-0.3, -0.25) is 0 Å². The summed E-state index contributed by atoms with van der Waals surface area (Å²) in [7, 11) is 0. The summed E-state index contributed by atoms with van der Waals surface area (Å²) in [5, 5.41) is 7.72. The number of anilines is 1. The van der Waals surface area contributed by atoms with Crippen LogP contribution in [0, 0.1) is 6.92 Å². The Morgan fingerprint density at radius 1 is 1.00 bits per heavy atom. The van der Waals surface area contributed by atoms with Crippen LogP contribution in [0.1, 0.15) is 29.0 Å². The van der Waals surface area contributed by atoms with Crippen LogP contribution in [-0.2, 0) is 19.3 Å². The standard InChI is InChI=1S/C14H15N5O2/c1-9-16-12(18-20-9)8-13-17-14(21-19-13)7-6-10-4-2-3-5-11(10)15/h2-5H,6-8,15H2,1H3. The van der Waals surface area contributed by atoms with E-state index in [1.807, 2.05) is 24.3 Å². The van der Waals surface area contributed by atoms with Crippen molar-refractivity contribution in [3.63, 3.8) is 0 Å². The topological polar surface area (TPSA) is 104 Å². The monoisotopic (exact) mass is 285 g/mol. The SMILES string of the molecule is Cc1nc(Cc2noc(CCc3ccccc3N)n2)no1. The van der Waals surface area contributed by atoms with Crippen LogP contribution in [0.2, 0.25) is 0 Å². The normalized spacial score (nSPS) is 10.9. The van der Waals surface area contributed by atoms with Crippen LogP contribution in [0.3, 0.4) is 0 Å². The van der Waals surface area contributed by atoms with Gasteiger partial charge in [-0.1, -0.05) is 28.5 Å². The molecule has 2 aromatic heterocycles. The lowest BCUT2D eigenvalue weighted by Gasteiger charge is -2.02. The van der Waals surface area contributed by atoms with Gasteiger partial charge in [-0.05, 0) is 18.1 Å². The summed E-state index contributed by atoms with van der Waals surface area (Å²) in [6.45, 7) is 1.74. The third kappa shape index (κ3) is 3.25. The molecule has 7 nitrogen and oxygen atoms in total. The molecule has 0 aliphatic rings. The van der Waals surface area contributed by atoms with Crippen LogP contribution in [0.5, 0.6) is 0 Å². The molecule has 1 aromatic carbocycles. The number of aryl methyl sites for hydroxylation is 3. The molecule has 0 fully saturated rings. The largest absolute Gasteiger partial charge is 0.399 e. The lowest BCUT2D eigenvalue weighted by Crippen LogP contribution is -1.98. The van der Waals surface area contributed by atoms with Gasteiger partial charge < -0.3 is 14.8 Å². The molecule has 0 amide bonds. The van der Waals surface area contributed by atoms with Gasteiger partial charge in [-0.2, -0.15) is 9.97 Å². The molecule has 108 valence electrons. The average molecular weight is 285 g/mol. The first kappa shape index (κ1) is 13.3. The first-order valence-electron chi connectivity index (χ1n) is 6.65. The summed E-state index contributed by atoms with van der Waals surface area (Å²) >= 11 is 0. The number of nitrogen functional groups attached to an aromatic ring is 1. The van der Waals surface area contributed by atoms with Gasteiger partial charge in [0.1, 0.15) is 0 Å². The number of hydrogen-bond acceptors (Lipinski definition) is 7. The van der Waals surface area contributed by atoms with E-state index >= 15 is 0 Å². The lowest BCUT2D eigenvalue weighted by atomic mass is 10.1. The molecule has 0 atom stereocenters. The number of hydrogen-bond donors (Lipinski definition) is 1. The maximum Gasteiger partial charge on any atom is 0.226 e. The summed E-state index contributed by atoms with van der Waals surface area (Å²) in [5.41, 5.74) is 7.75. The highest BCUT2D eigenvalue weighted by Crippen LogP contribution is 2.13. The minimum absolute atomic E-state index is 0.397. The van der Waals surface area contributed by atoms with Crippen molar-refractivity contribution >= 4 is 5.69 Å². The van der Waals surface area contributed by atoms with Gasteiger partial charge in [0.05, 0.1) is 6.42 Å². The molecule has 3 rings (SSSR count). The number of aromatic nitrogens is 4. The second kappa shape index (κ2) is 5.74. The van der Waals surface area contributed by atoms with Gasteiger partial charge in [0.15, 0.2) is 11.6 Å². The molecule has 0 saturated carbocycles. The maximum absolute atomic E-state index is 5.90. The van der Waals surface area contributed by atoms with Crippen LogP contribution in [0.4, 0.5) is 5.69 Å². The van der Waals surface area contributed by atoms with Crippen LogP contribution in [0.25, 0.3) is 0 Å². The molecule has 0 bridgehead atoms. The highest BCUT2D eigenvalue weighted by molar-refractivity contribution is 5.46. The Balaban J connectivity index is 1.61. The number of rotatable bonds is 5. The van der Waals surface area contributed by atoms with Crippen molar-refractivity contribution in [3.8, 4) is 0 Å². The number of para-hydroxylation sites is 1. The molecule has 0 spiro atoms. The molecule has 2 N–H and O–H groups in total. The number of benzene rings is 1. The zero-order valence-electron chi connectivity index (χ0n) is 11.6. The Morgan fingerprint density at radius 2 is 1.76 bits per heavy atom. The fourth-order valence-corrected chi connectivity index (χ4v) is 2.02. The van der Waals surface area contributed by atoms with Crippen molar-refractivity contribution in [2.75, 3.05) is 5.73 Å². The lowest BCUT2D eigenvalue weighted by molar-refractivity contribution is 0.372. The quantitative estimate of drug-likeness (QED) is 0.711. The molecule has 3 aromatic rings. The Labute approximate surface area is 121 Å². The van der Waals surface area contributed by atoms with E-state index in [9.17, 15) is 0 Å². The van der Waals surface area contributed by atoms with Gasteiger partial charge in [-0.25, -0.2) is 0 Å². The summed E-state index contributed by atoms with van der Waals surface area (Å²) < 4.78 is 10.1. The first-order valence-corrected chi connectivity index (χ1v) is 6.65. The Bertz CT molecular complexity index is 734. The van der Waals surface area contributed by atoms with Crippen LogP contribution in [-0.4, -0.2) is 20.3 Å². The molecule has 0 unspecified atom stereocenters. The zero-order valence-corrected chi connectivity index (χ0v) is 11.6. The van der Waals surface area contributed by atoms with Crippen molar-refractivity contribution in [2.24, 2.45) is 0 Å². The van der Waals surface area contributed by atoms with E-state index in [1.165, 1.54) is 0 Å². The number of nitrogens with zero attached hydrogens (tertiary/aromatic N) is 4. The van der Waals surface area contributed by atoms with Crippen LogP contribution < -0.4 is 5.73 Å². The van der Waals surface area contributed by atoms with E-state index in [4.69, 9.17) is 14.8 Å². The molecule has 0 aliphatic carbocycles. The zero-order chi connectivity index (χ0) is 14.7. The van der Waals surface area contributed by atoms with Crippen molar-refractivity contribution in [1.82, 2.24) is 20.3 Å². The Kier molecular flexibility index (Phi) is 3.63. The number of nitrogens with two attached hydrogens (primary N) is 1. The van der Waals surface area contributed by atoms with Gasteiger partial charge in [-0.15, -0.1) is 0 Å². The van der Waals surface area contributed by atoms with Gasteiger partial charge in [0.2, 0.25) is 11.8 Å².